The number of benzene rings is 2. The Kier molecular flexibility index (Phi) is 5.92. The Labute approximate surface area is 162 Å². The lowest BCUT2D eigenvalue weighted by Gasteiger charge is -2.35. The minimum Gasteiger partial charge on any atom is -0.490 e. The number of hydrogen-bond donors (Lipinski definition) is 0. The number of ether oxygens (including phenoxy) is 1. The van der Waals surface area contributed by atoms with E-state index >= 15 is 0 Å². The van der Waals surface area contributed by atoms with Crippen molar-refractivity contribution in [3.63, 3.8) is 0 Å². The van der Waals surface area contributed by atoms with Crippen LogP contribution in [-0.2, 0) is 0 Å². The number of halogens is 2. The summed E-state index contributed by atoms with van der Waals surface area (Å²) in [5.41, 5.74) is -0.103. The third-order valence-corrected chi connectivity index (χ3v) is 4.51. The van der Waals surface area contributed by atoms with Crippen LogP contribution in [0.1, 0.15) is 34.6 Å². The van der Waals surface area contributed by atoms with E-state index in [4.69, 9.17) is 4.74 Å². The Morgan fingerprint density at radius 3 is 1.96 bits per heavy atom. The highest BCUT2D eigenvalue weighted by Crippen LogP contribution is 2.22. The molecule has 0 radical (unpaired) electrons. The van der Waals surface area contributed by atoms with Crippen molar-refractivity contribution >= 4 is 11.8 Å². The van der Waals surface area contributed by atoms with Crippen LogP contribution in [0.3, 0.4) is 0 Å². The molecule has 2 aromatic carbocycles. The first-order valence-electron chi connectivity index (χ1n) is 9.16. The van der Waals surface area contributed by atoms with Gasteiger partial charge in [-0.15, -0.1) is 0 Å². The Hall–Kier alpha value is -2.96. The lowest BCUT2D eigenvalue weighted by Crippen LogP contribution is -2.51. The highest BCUT2D eigenvalue weighted by Gasteiger charge is 2.29. The molecule has 0 aromatic heterocycles. The van der Waals surface area contributed by atoms with Crippen LogP contribution in [0.2, 0.25) is 0 Å². The van der Waals surface area contributed by atoms with E-state index < -0.39 is 23.1 Å². The molecule has 1 aliphatic rings. The molecule has 28 heavy (non-hydrogen) atoms. The second-order valence-electron chi connectivity index (χ2n) is 6.84. The van der Waals surface area contributed by atoms with Crippen LogP contribution in [0.4, 0.5) is 8.78 Å². The highest BCUT2D eigenvalue weighted by molar-refractivity contribution is 5.98. The molecule has 2 aromatic rings. The predicted octanol–water partition coefficient (Wildman–Crippen LogP) is 3.35. The Morgan fingerprint density at radius 2 is 1.39 bits per heavy atom. The molecule has 1 heterocycles. The van der Waals surface area contributed by atoms with Gasteiger partial charge in [-0.25, -0.2) is 8.78 Å². The molecule has 7 heteroatoms. The lowest BCUT2D eigenvalue weighted by molar-refractivity contribution is 0.0526. The van der Waals surface area contributed by atoms with Gasteiger partial charge in [0.25, 0.3) is 11.8 Å². The predicted molar refractivity (Wildman–Crippen MR) is 100 cm³/mol. The zero-order valence-electron chi connectivity index (χ0n) is 15.8. The van der Waals surface area contributed by atoms with Crippen molar-refractivity contribution in [2.75, 3.05) is 26.2 Å². The Morgan fingerprint density at radius 1 is 0.857 bits per heavy atom. The van der Waals surface area contributed by atoms with E-state index in [0.29, 0.717) is 11.3 Å². The van der Waals surface area contributed by atoms with Gasteiger partial charge < -0.3 is 14.5 Å². The van der Waals surface area contributed by atoms with Gasteiger partial charge in [-0.3, -0.25) is 9.59 Å². The molecule has 148 valence electrons. The quantitative estimate of drug-likeness (QED) is 0.807. The summed E-state index contributed by atoms with van der Waals surface area (Å²) in [6.07, 6.45) is -0.0703. The molecule has 0 aliphatic carbocycles. The van der Waals surface area contributed by atoms with Gasteiger partial charge in [-0.2, -0.15) is 0 Å². The highest BCUT2D eigenvalue weighted by atomic mass is 19.1. The minimum absolute atomic E-state index is 0.0703. The number of rotatable bonds is 4. The zero-order chi connectivity index (χ0) is 20.3. The number of carbonyl (C=O) groups is 2. The van der Waals surface area contributed by atoms with E-state index in [2.05, 4.69) is 0 Å². The molecule has 5 nitrogen and oxygen atoms in total. The molecular formula is C21H22F2N2O3. The van der Waals surface area contributed by atoms with Gasteiger partial charge in [0, 0.05) is 26.2 Å². The molecule has 0 spiro atoms. The third-order valence-electron chi connectivity index (χ3n) is 4.51. The van der Waals surface area contributed by atoms with Gasteiger partial charge in [0.2, 0.25) is 0 Å². The number of nitrogens with zero attached hydrogens (tertiary/aromatic N) is 2. The molecule has 3 rings (SSSR count). The summed E-state index contributed by atoms with van der Waals surface area (Å²) in [7, 11) is 0. The number of amides is 2. The van der Waals surface area contributed by atoms with E-state index in [-0.39, 0.29) is 38.2 Å². The molecular weight excluding hydrogens is 366 g/mol. The van der Waals surface area contributed by atoms with Crippen LogP contribution < -0.4 is 4.74 Å². The van der Waals surface area contributed by atoms with Crippen LogP contribution in [0.5, 0.6) is 5.75 Å². The molecule has 0 bridgehead atoms. The van der Waals surface area contributed by atoms with Crippen molar-refractivity contribution in [3.8, 4) is 5.75 Å². The average Bonchev–Trinajstić information content (AvgIpc) is 2.67. The molecule has 2 amide bonds. The number of piperazine rings is 1. The largest absolute Gasteiger partial charge is 0.490 e. The second-order valence-corrected chi connectivity index (χ2v) is 6.84. The summed E-state index contributed by atoms with van der Waals surface area (Å²) in [4.78, 5) is 28.3. The Balaban J connectivity index is 1.69. The maximum atomic E-state index is 13.9. The SMILES string of the molecule is CC(C)Oc1ccccc1C(=O)N1CCN(C(=O)c2c(F)cccc2F)CC1. The minimum atomic E-state index is -0.886. The summed E-state index contributed by atoms with van der Waals surface area (Å²) in [6, 6.07) is 10.3. The zero-order valence-corrected chi connectivity index (χ0v) is 15.8. The maximum Gasteiger partial charge on any atom is 0.259 e. The molecule has 0 atom stereocenters. The monoisotopic (exact) mass is 388 g/mol. The fourth-order valence-electron chi connectivity index (χ4n) is 3.14. The summed E-state index contributed by atoms with van der Waals surface area (Å²) in [5, 5.41) is 0. The van der Waals surface area contributed by atoms with Gasteiger partial charge in [0.1, 0.15) is 22.9 Å². The first-order chi connectivity index (χ1) is 13.4. The number of para-hydroxylation sites is 1. The van der Waals surface area contributed by atoms with E-state index in [9.17, 15) is 18.4 Å². The van der Waals surface area contributed by atoms with Crippen molar-refractivity contribution in [2.24, 2.45) is 0 Å². The molecule has 1 fully saturated rings. The van der Waals surface area contributed by atoms with Crippen LogP contribution in [0, 0.1) is 11.6 Å². The maximum absolute atomic E-state index is 13.9. The second kappa shape index (κ2) is 8.37. The van der Waals surface area contributed by atoms with Crippen molar-refractivity contribution < 1.29 is 23.1 Å². The first-order valence-corrected chi connectivity index (χ1v) is 9.16. The molecule has 0 N–H and O–H groups in total. The van der Waals surface area contributed by atoms with Gasteiger partial charge in [0.15, 0.2) is 0 Å². The van der Waals surface area contributed by atoms with Gasteiger partial charge in [-0.05, 0) is 38.1 Å². The summed E-state index contributed by atoms with van der Waals surface area (Å²) >= 11 is 0. The van der Waals surface area contributed by atoms with E-state index in [1.807, 2.05) is 13.8 Å². The fourth-order valence-corrected chi connectivity index (χ4v) is 3.14. The summed E-state index contributed by atoms with van der Waals surface area (Å²) in [6.45, 7) is 4.71. The van der Waals surface area contributed by atoms with Crippen molar-refractivity contribution in [2.45, 2.75) is 20.0 Å². The smallest absolute Gasteiger partial charge is 0.259 e. The van der Waals surface area contributed by atoms with Gasteiger partial charge in [-0.1, -0.05) is 18.2 Å². The number of hydrogen-bond acceptors (Lipinski definition) is 3. The Bertz CT molecular complexity index is 857. The normalized spacial score (nSPS) is 14.3. The van der Waals surface area contributed by atoms with Gasteiger partial charge >= 0.3 is 0 Å². The van der Waals surface area contributed by atoms with Crippen LogP contribution in [0.25, 0.3) is 0 Å². The topological polar surface area (TPSA) is 49.9 Å². The van der Waals surface area contributed by atoms with Crippen molar-refractivity contribution in [1.29, 1.82) is 0 Å². The summed E-state index contributed by atoms with van der Waals surface area (Å²) in [5.74, 6) is -2.16. The van der Waals surface area contributed by atoms with E-state index in [0.717, 1.165) is 12.1 Å². The van der Waals surface area contributed by atoms with Gasteiger partial charge in [0.05, 0.1) is 11.7 Å². The average molecular weight is 388 g/mol. The third kappa shape index (κ3) is 4.13. The van der Waals surface area contributed by atoms with Crippen LogP contribution >= 0.6 is 0 Å². The van der Waals surface area contributed by atoms with Crippen LogP contribution in [0.15, 0.2) is 42.5 Å². The molecule has 1 aliphatic heterocycles. The first kappa shape index (κ1) is 19.8. The fraction of sp³-hybridized carbons (Fsp3) is 0.333. The van der Waals surface area contributed by atoms with E-state index in [1.54, 1.807) is 29.2 Å². The standard InChI is InChI=1S/C21H22F2N2O3/c1-14(2)28-18-9-4-3-6-15(18)20(26)24-10-12-25(13-11-24)21(27)19-16(22)7-5-8-17(19)23/h3-9,14H,10-13H2,1-2H3. The van der Waals surface area contributed by atoms with Crippen molar-refractivity contribution in [3.05, 3.63) is 65.2 Å². The summed E-state index contributed by atoms with van der Waals surface area (Å²) < 4.78 is 33.4. The lowest BCUT2D eigenvalue weighted by atomic mass is 10.1. The molecule has 0 unspecified atom stereocenters. The molecule has 0 saturated carbocycles. The molecule has 1 saturated heterocycles. The van der Waals surface area contributed by atoms with Crippen LogP contribution in [-0.4, -0.2) is 53.9 Å². The van der Waals surface area contributed by atoms with Crippen molar-refractivity contribution in [1.82, 2.24) is 9.80 Å². The number of carbonyl (C=O) groups excluding carboxylic acids is 2. The van der Waals surface area contributed by atoms with E-state index in [1.165, 1.54) is 11.0 Å².